The number of nitrogens with one attached hydrogen (secondary N) is 1. The van der Waals surface area contributed by atoms with Crippen LogP contribution in [0, 0.1) is 11.8 Å². The highest BCUT2D eigenvalue weighted by Gasteiger charge is 2.54. The zero-order valence-corrected chi connectivity index (χ0v) is 17.9. The molecular formula is C23H24BrNO4. The molecule has 2 aliphatic rings. The number of methoxy groups -OCH3 is 1. The molecule has 0 bridgehead atoms. The summed E-state index contributed by atoms with van der Waals surface area (Å²) in [5.41, 5.74) is 2.52. The Morgan fingerprint density at radius 3 is 2.69 bits per heavy atom. The maximum Gasteiger partial charge on any atom is 0.251 e. The first-order chi connectivity index (χ1) is 14.1. The van der Waals surface area contributed by atoms with Crippen LogP contribution in [0.1, 0.15) is 27.4 Å². The number of carbonyl (C=O) groups excluding carboxylic acids is 1. The highest BCUT2D eigenvalue weighted by molar-refractivity contribution is 9.10. The Morgan fingerprint density at radius 1 is 1.31 bits per heavy atom. The molecule has 4 atom stereocenters. The predicted octanol–water partition coefficient (Wildman–Crippen LogP) is 4.12. The number of ether oxygens (including phenoxy) is 3. The number of benzene rings is 2. The van der Waals surface area contributed by atoms with Crippen LogP contribution in [0.3, 0.4) is 0 Å². The van der Waals surface area contributed by atoms with Crippen LogP contribution in [0.15, 0.2) is 59.6 Å². The van der Waals surface area contributed by atoms with E-state index in [2.05, 4.69) is 27.8 Å². The number of halogens is 1. The molecule has 6 heteroatoms. The third kappa shape index (κ3) is 4.10. The van der Waals surface area contributed by atoms with Crippen LogP contribution in [0.25, 0.3) is 0 Å². The monoisotopic (exact) mass is 457 g/mol. The van der Waals surface area contributed by atoms with Crippen molar-refractivity contribution < 1.29 is 19.0 Å². The van der Waals surface area contributed by atoms with E-state index < -0.39 is 0 Å². The van der Waals surface area contributed by atoms with Crippen molar-refractivity contribution in [2.75, 3.05) is 27.1 Å². The number of carbonyl (C=O) groups is 1. The number of hydrogen-bond acceptors (Lipinski definition) is 4. The summed E-state index contributed by atoms with van der Waals surface area (Å²) in [4.78, 5) is 12.9. The van der Waals surface area contributed by atoms with Crippen molar-refractivity contribution in [3.05, 3.63) is 76.3 Å². The molecule has 2 fully saturated rings. The van der Waals surface area contributed by atoms with Crippen molar-refractivity contribution in [1.29, 1.82) is 0 Å². The van der Waals surface area contributed by atoms with Crippen LogP contribution in [0.2, 0.25) is 0 Å². The van der Waals surface area contributed by atoms with Crippen LogP contribution >= 0.6 is 15.9 Å². The number of fused-ring (bicyclic) bond motifs is 1. The van der Waals surface area contributed by atoms with E-state index in [1.54, 1.807) is 13.2 Å². The van der Waals surface area contributed by atoms with E-state index >= 15 is 0 Å². The number of amides is 1. The second kappa shape index (κ2) is 8.69. The Bertz CT molecular complexity index is 891. The molecule has 1 heterocycles. The van der Waals surface area contributed by atoms with Crippen LogP contribution in [0.4, 0.5) is 0 Å². The summed E-state index contributed by atoms with van der Waals surface area (Å²) in [6.45, 7) is 5.61. The SMILES string of the molecule is C=CC(c1ccccc1)c1cc(C(=O)N[C@@H]2[C@@H]3COC[C@@H]32)cc(Br)c1OCOC. The van der Waals surface area contributed by atoms with Gasteiger partial charge in [-0.3, -0.25) is 4.79 Å². The summed E-state index contributed by atoms with van der Waals surface area (Å²) in [5, 5.41) is 3.15. The third-order valence-electron chi connectivity index (χ3n) is 5.64. The Morgan fingerprint density at radius 2 is 2.03 bits per heavy atom. The molecule has 5 nitrogen and oxygen atoms in total. The average Bonchev–Trinajstić information content (AvgIpc) is 3.14. The van der Waals surface area contributed by atoms with Gasteiger partial charge in [0.25, 0.3) is 5.91 Å². The minimum Gasteiger partial charge on any atom is -0.466 e. The van der Waals surface area contributed by atoms with E-state index in [1.807, 2.05) is 42.5 Å². The Labute approximate surface area is 179 Å². The molecule has 1 amide bonds. The summed E-state index contributed by atoms with van der Waals surface area (Å²) in [6.07, 6.45) is 1.86. The predicted molar refractivity (Wildman–Crippen MR) is 114 cm³/mol. The van der Waals surface area contributed by atoms with Gasteiger partial charge in [-0.25, -0.2) is 0 Å². The molecule has 1 unspecified atom stereocenters. The van der Waals surface area contributed by atoms with Crippen molar-refractivity contribution in [3.63, 3.8) is 0 Å². The second-order valence-corrected chi connectivity index (χ2v) is 8.27. The molecule has 1 saturated heterocycles. The first-order valence-electron chi connectivity index (χ1n) is 9.65. The zero-order chi connectivity index (χ0) is 20.4. The van der Waals surface area contributed by atoms with Gasteiger partial charge >= 0.3 is 0 Å². The molecule has 29 heavy (non-hydrogen) atoms. The fourth-order valence-electron chi connectivity index (χ4n) is 4.04. The van der Waals surface area contributed by atoms with Gasteiger partial charge in [-0.15, -0.1) is 6.58 Å². The maximum atomic E-state index is 12.9. The molecule has 4 rings (SSSR count). The fraction of sp³-hybridized carbons (Fsp3) is 0.348. The number of allylic oxidation sites excluding steroid dienone is 1. The lowest BCUT2D eigenvalue weighted by molar-refractivity contribution is 0.0498. The van der Waals surface area contributed by atoms with Crippen molar-refractivity contribution in [2.45, 2.75) is 12.0 Å². The van der Waals surface area contributed by atoms with Gasteiger partial charge in [0.1, 0.15) is 5.75 Å². The van der Waals surface area contributed by atoms with Crippen molar-refractivity contribution >= 4 is 21.8 Å². The summed E-state index contributed by atoms with van der Waals surface area (Å²) in [5.74, 6) is 1.35. The first-order valence-corrected chi connectivity index (χ1v) is 10.4. The molecule has 0 radical (unpaired) electrons. The van der Waals surface area contributed by atoms with Crippen LogP contribution in [-0.4, -0.2) is 39.1 Å². The van der Waals surface area contributed by atoms with Gasteiger partial charge in [0.15, 0.2) is 6.79 Å². The van der Waals surface area contributed by atoms with Gasteiger partial charge in [-0.2, -0.15) is 0 Å². The number of hydrogen-bond donors (Lipinski definition) is 1. The Balaban J connectivity index is 1.66. The highest BCUT2D eigenvalue weighted by atomic mass is 79.9. The lowest BCUT2D eigenvalue weighted by atomic mass is 9.89. The smallest absolute Gasteiger partial charge is 0.251 e. The molecule has 0 spiro atoms. The van der Waals surface area contributed by atoms with E-state index in [0.717, 1.165) is 24.3 Å². The summed E-state index contributed by atoms with van der Waals surface area (Å²) in [7, 11) is 1.58. The first kappa shape index (κ1) is 20.1. The molecule has 2 aromatic carbocycles. The Kier molecular flexibility index (Phi) is 6.04. The van der Waals surface area contributed by atoms with Gasteiger partial charge in [-0.05, 0) is 33.6 Å². The Hall–Kier alpha value is -2.15. The lowest BCUT2D eigenvalue weighted by Crippen LogP contribution is -2.30. The van der Waals surface area contributed by atoms with Crippen LogP contribution in [0.5, 0.6) is 5.75 Å². The topological polar surface area (TPSA) is 56.8 Å². The van der Waals surface area contributed by atoms with Crippen molar-refractivity contribution in [1.82, 2.24) is 5.32 Å². The van der Waals surface area contributed by atoms with Crippen molar-refractivity contribution in [3.8, 4) is 5.75 Å². The summed E-state index contributed by atoms with van der Waals surface area (Å²) in [6, 6.07) is 13.9. The zero-order valence-electron chi connectivity index (χ0n) is 16.3. The van der Waals surface area contributed by atoms with Gasteiger partial charge < -0.3 is 19.5 Å². The fourth-order valence-corrected chi connectivity index (χ4v) is 4.63. The van der Waals surface area contributed by atoms with Gasteiger partial charge in [0.2, 0.25) is 0 Å². The van der Waals surface area contributed by atoms with Crippen molar-refractivity contribution in [2.24, 2.45) is 11.8 Å². The molecule has 1 saturated carbocycles. The molecule has 2 aromatic rings. The normalized spacial score (nSPS) is 23.2. The van der Waals surface area contributed by atoms with Crippen LogP contribution < -0.4 is 10.1 Å². The van der Waals surface area contributed by atoms with E-state index in [9.17, 15) is 4.79 Å². The van der Waals surface area contributed by atoms with Gasteiger partial charge in [-0.1, -0.05) is 36.4 Å². The van der Waals surface area contributed by atoms with Crippen LogP contribution in [-0.2, 0) is 9.47 Å². The van der Waals surface area contributed by atoms with E-state index in [-0.39, 0.29) is 24.7 Å². The average molecular weight is 458 g/mol. The third-order valence-corrected chi connectivity index (χ3v) is 6.22. The van der Waals surface area contributed by atoms with E-state index in [0.29, 0.717) is 27.6 Å². The minimum absolute atomic E-state index is 0.0829. The summed E-state index contributed by atoms with van der Waals surface area (Å²) >= 11 is 3.58. The lowest BCUT2D eigenvalue weighted by Gasteiger charge is -2.20. The quantitative estimate of drug-likeness (QED) is 0.478. The molecule has 0 aromatic heterocycles. The standard InChI is InChI=1S/C23H24BrNO4/c1-3-16(14-7-5-4-6-8-14)17-9-15(10-20(24)22(17)29-13-27-2)23(26)25-21-18-11-28-12-19(18)21/h3-10,16,18-19,21H,1,11-13H2,2H3,(H,25,26)/t16?,18-,19+,21-. The highest BCUT2D eigenvalue weighted by Crippen LogP contribution is 2.44. The molecule has 1 aliphatic heterocycles. The maximum absolute atomic E-state index is 12.9. The number of rotatable bonds is 8. The largest absolute Gasteiger partial charge is 0.466 e. The minimum atomic E-state index is -0.124. The van der Waals surface area contributed by atoms with E-state index in [4.69, 9.17) is 14.2 Å². The van der Waals surface area contributed by atoms with Gasteiger partial charge in [0.05, 0.1) is 17.7 Å². The molecular weight excluding hydrogens is 434 g/mol. The molecule has 1 N–H and O–H groups in total. The van der Waals surface area contributed by atoms with E-state index in [1.165, 1.54) is 0 Å². The second-order valence-electron chi connectivity index (χ2n) is 7.42. The summed E-state index contributed by atoms with van der Waals surface area (Å²) < 4.78 is 17.1. The molecule has 1 aliphatic carbocycles. The van der Waals surface area contributed by atoms with Gasteiger partial charge in [0, 0.05) is 42.0 Å². The molecule has 152 valence electrons.